The molecule has 1 saturated heterocycles. The molecule has 3 rings (SSSR count). The highest BCUT2D eigenvalue weighted by atomic mass is 32.2. The number of nitrogens with one attached hydrogen (secondary N) is 1. The third-order valence-corrected chi connectivity index (χ3v) is 7.46. The van der Waals surface area contributed by atoms with Gasteiger partial charge in [-0.15, -0.1) is 0 Å². The van der Waals surface area contributed by atoms with Gasteiger partial charge in [0, 0.05) is 24.8 Å². The monoisotopic (exact) mass is 468 g/mol. The lowest BCUT2D eigenvalue weighted by atomic mass is 9.80. The molecule has 2 atom stereocenters. The number of sulfonamides is 1. The summed E-state index contributed by atoms with van der Waals surface area (Å²) in [5, 5.41) is 0. The molecule has 0 bridgehead atoms. The Morgan fingerprint density at radius 1 is 1.25 bits per heavy atom. The van der Waals surface area contributed by atoms with Gasteiger partial charge in [-0.1, -0.05) is 13.8 Å². The van der Waals surface area contributed by atoms with E-state index in [9.17, 15) is 18.0 Å². The molecule has 1 amide bonds. The van der Waals surface area contributed by atoms with Crippen molar-refractivity contribution in [3.63, 3.8) is 0 Å². The second-order valence-corrected chi connectivity index (χ2v) is 11.2. The maximum Gasteiger partial charge on any atom is 0.253 e. The van der Waals surface area contributed by atoms with Crippen LogP contribution in [0.5, 0.6) is 0 Å². The SMILES string of the molecule is CC(C)C1CCC(OCC2[C@@H](NS(C)(=O)=O)CCCN2C(=O)Cn2cnccc2=O)CC1. The molecule has 10 heteroatoms. The van der Waals surface area contributed by atoms with Crippen LogP contribution in [0.2, 0.25) is 0 Å². The predicted molar refractivity (Wildman–Crippen MR) is 122 cm³/mol. The summed E-state index contributed by atoms with van der Waals surface area (Å²) in [5.74, 6) is 1.15. The number of hydrogen-bond acceptors (Lipinski definition) is 6. The molecule has 0 aromatic carbocycles. The summed E-state index contributed by atoms with van der Waals surface area (Å²) in [4.78, 5) is 30.7. The Balaban J connectivity index is 1.70. The number of nitrogens with zero attached hydrogens (tertiary/aromatic N) is 3. The third-order valence-electron chi connectivity index (χ3n) is 6.73. The van der Waals surface area contributed by atoms with Crippen LogP contribution in [0.4, 0.5) is 0 Å². The van der Waals surface area contributed by atoms with E-state index >= 15 is 0 Å². The number of likely N-dealkylation sites (tertiary alicyclic amines) is 1. The van der Waals surface area contributed by atoms with Crippen LogP contribution in [0.25, 0.3) is 0 Å². The first-order valence-corrected chi connectivity index (χ1v) is 13.4. The first kappa shape index (κ1) is 24.9. The highest BCUT2D eigenvalue weighted by Crippen LogP contribution is 2.31. The fourth-order valence-electron chi connectivity index (χ4n) is 4.88. The van der Waals surface area contributed by atoms with E-state index in [4.69, 9.17) is 4.74 Å². The predicted octanol–water partition coefficient (Wildman–Crippen LogP) is 1.38. The summed E-state index contributed by atoms with van der Waals surface area (Å²) >= 11 is 0. The molecule has 2 fully saturated rings. The van der Waals surface area contributed by atoms with Crippen LogP contribution < -0.4 is 10.3 Å². The second-order valence-electron chi connectivity index (χ2n) is 9.45. The van der Waals surface area contributed by atoms with E-state index in [0.717, 1.165) is 37.9 Å². The molecule has 32 heavy (non-hydrogen) atoms. The molecule has 1 aromatic rings. The molecule has 9 nitrogen and oxygen atoms in total. The summed E-state index contributed by atoms with van der Waals surface area (Å²) in [7, 11) is -3.44. The van der Waals surface area contributed by atoms with Gasteiger partial charge in [-0.3, -0.25) is 14.2 Å². The zero-order valence-electron chi connectivity index (χ0n) is 19.3. The molecule has 180 valence electrons. The Morgan fingerprint density at radius 3 is 2.59 bits per heavy atom. The quantitative estimate of drug-likeness (QED) is 0.617. The van der Waals surface area contributed by atoms with E-state index in [0.29, 0.717) is 25.3 Å². The van der Waals surface area contributed by atoms with Crippen LogP contribution in [-0.4, -0.2) is 66.4 Å². The van der Waals surface area contributed by atoms with Gasteiger partial charge in [0.1, 0.15) is 6.54 Å². The van der Waals surface area contributed by atoms with Crippen LogP contribution in [0, 0.1) is 11.8 Å². The first-order valence-electron chi connectivity index (χ1n) is 11.5. The lowest BCUT2D eigenvalue weighted by molar-refractivity contribution is -0.139. The average Bonchev–Trinajstić information content (AvgIpc) is 2.73. The summed E-state index contributed by atoms with van der Waals surface area (Å²) in [6, 6.07) is 0.479. The molecule has 1 aliphatic carbocycles. The van der Waals surface area contributed by atoms with Crippen LogP contribution in [0.15, 0.2) is 23.4 Å². The number of piperidine rings is 1. The van der Waals surface area contributed by atoms with Crippen molar-refractivity contribution in [3.8, 4) is 0 Å². The fraction of sp³-hybridized carbons (Fsp3) is 0.773. The van der Waals surface area contributed by atoms with Crippen molar-refractivity contribution in [2.75, 3.05) is 19.4 Å². The Kier molecular flexibility index (Phi) is 8.46. The number of carbonyl (C=O) groups excluding carboxylic acids is 1. The van der Waals surface area contributed by atoms with Crippen molar-refractivity contribution in [2.24, 2.45) is 11.8 Å². The molecule has 1 unspecified atom stereocenters. The van der Waals surface area contributed by atoms with Gasteiger partial charge in [0.2, 0.25) is 15.9 Å². The van der Waals surface area contributed by atoms with E-state index in [2.05, 4.69) is 23.6 Å². The molecular weight excluding hydrogens is 432 g/mol. The van der Waals surface area contributed by atoms with Gasteiger partial charge in [0.05, 0.1) is 31.3 Å². The first-order chi connectivity index (χ1) is 15.1. The molecule has 1 N–H and O–H groups in total. The summed E-state index contributed by atoms with van der Waals surface area (Å²) in [5.41, 5.74) is -0.300. The standard InChI is InChI=1S/C22H36N4O5S/c1-16(2)17-6-8-18(9-7-17)31-14-20-19(24-32(3,29)30)5-4-12-26(20)22(28)13-25-15-23-11-10-21(25)27/h10-11,15-20,24H,4-9,12-14H2,1-3H3/t17?,18?,19-,20?/m0/s1. The van der Waals surface area contributed by atoms with Crippen LogP contribution in [-0.2, 0) is 26.1 Å². The highest BCUT2D eigenvalue weighted by Gasteiger charge is 2.37. The van der Waals surface area contributed by atoms with Crippen molar-refractivity contribution < 1.29 is 17.9 Å². The van der Waals surface area contributed by atoms with Gasteiger partial charge in [0.25, 0.3) is 5.56 Å². The van der Waals surface area contributed by atoms with Gasteiger partial charge in [-0.2, -0.15) is 0 Å². The van der Waals surface area contributed by atoms with Crippen LogP contribution >= 0.6 is 0 Å². The minimum Gasteiger partial charge on any atom is -0.376 e. The van der Waals surface area contributed by atoms with E-state index in [1.54, 1.807) is 4.90 Å². The van der Waals surface area contributed by atoms with E-state index < -0.39 is 22.1 Å². The summed E-state index contributed by atoms with van der Waals surface area (Å²) < 4.78 is 34.1. The zero-order chi connectivity index (χ0) is 23.3. The minimum atomic E-state index is -3.44. The normalized spacial score (nSPS) is 26.9. The van der Waals surface area contributed by atoms with Crippen molar-refractivity contribution in [3.05, 3.63) is 28.9 Å². The number of hydrogen-bond donors (Lipinski definition) is 1. The molecule has 1 aliphatic heterocycles. The lowest BCUT2D eigenvalue weighted by Crippen LogP contribution is -2.59. The lowest BCUT2D eigenvalue weighted by Gasteiger charge is -2.42. The molecule has 0 radical (unpaired) electrons. The Bertz CT molecular complexity index is 924. The Labute approximate surface area is 190 Å². The second kappa shape index (κ2) is 10.9. The molecular formula is C22H36N4O5S. The Hall–Kier alpha value is -1.78. The van der Waals surface area contributed by atoms with Gasteiger partial charge in [-0.25, -0.2) is 18.1 Å². The number of amides is 1. The van der Waals surface area contributed by atoms with E-state index in [-0.39, 0.29) is 30.7 Å². The minimum absolute atomic E-state index is 0.128. The molecule has 1 aromatic heterocycles. The smallest absolute Gasteiger partial charge is 0.253 e. The summed E-state index contributed by atoms with van der Waals surface area (Å²) in [6.07, 6.45) is 9.54. The van der Waals surface area contributed by atoms with Gasteiger partial charge in [0.15, 0.2) is 0 Å². The molecule has 2 aliphatic rings. The van der Waals surface area contributed by atoms with Crippen LogP contribution in [0.3, 0.4) is 0 Å². The molecule has 0 spiro atoms. The third kappa shape index (κ3) is 6.86. The maximum absolute atomic E-state index is 13.1. The number of carbonyl (C=O) groups is 1. The molecule has 2 heterocycles. The van der Waals surface area contributed by atoms with Crippen molar-refractivity contribution in [1.29, 1.82) is 0 Å². The largest absolute Gasteiger partial charge is 0.376 e. The Morgan fingerprint density at radius 2 is 1.97 bits per heavy atom. The number of rotatable bonds is 8. The summed E-state index contributed by atoms with van der Waals surface area (Å²) in [6.45, 7) is 5.16. The van der Waals surface area contributed by atoms with Gasteiger partial charge < -0.3 is 9.64 Å². The maximum atomic E-state index is 13.1. The van der Waals surface area contributed by atoms with Gasteiger partial charge in [-0.05, 0) is 50.4 Å². The van der Waals surface area contributed by atoms with Crippen molar-refractivity contribution >= 4 is 15.9 Å². The number of aromatic nitrogens is 2. The van der Waals surface area contributed by atoms with Gasteiger partial charge >= 0.3 is 0 Å². The van der Waals surface area contributed by atoms with E-state index in [1.165, 1.54) is 23.2 Å². The number of ether oxygens (including phenoxy) is 1. The topological polar surface area (TPSA) is 111 Å². The fourth-order valence-corrected chi connectivity index (χ4v) is 5.70. The highest BCUT2D eigenvalue weighted by molar-refractivity contribution is 7.88. The van der Waals surface area contributed by atoms with Crippen LogP contribution in [0.1, 0.15) is 52.4 Å². The molecule has 1 saturated carbocycles. The zero-order valence-corrected chi connectivity index (χ0v) is 20.1. The van der Waals surface area contributed by atoms with E-state index in [1.807, 2.05) is 0 Å². The average molecular weight is 469 g/mol. The van der Waals surface area contributed by atoms with Crippen molar-refractivity contribution in [1.82, 2.24) is 19.2 Å². The van der Waals surface area contributed by atoms with Crippen molar-refractivity contribution in [2.45, 2.75) is 77.1 Å².